The fourth-order valence-corrected chi connectivity index (χ4v) is 5.75. The molecule has 1 saturated carbocycles. The van der Waals surface area contributed by atoms with Crippen LogP contribution in [-0.2, 0) is 9.53 Å². The third kappa shape index (κ3) is 9.13. The number of halogens is 3. The molecular weight excluding hydrogens is 479 g/mol. The normalized spacial score (nSPS) is 22.3. The van der Waals surface area contributed by atoms with Crippen LogP contribution >= 0.6 is 23.1 Å². The molecule has 0 radical (unpaired) electrons. The summed E-state index contributed by atoms with van der Waals surface area (Å²) in [7, 11) is 0. The van der Waals surface area contributed by atoms with Crippen LogP contribution in [0.25, 0.3) is 0 Å². The van der Waals surface area contributed by atoms with E-state index in [2.05, 4.69) is 4.98 Å². The molecule has 1 heterocycles. The molecule has 184 valence electrons. The van der Waals surface area contributed by atoms with Crippen LogP contribution in [0, 0.1) is 11.8 Å². The Morgan fingerprint density at radius 3 is 2.70 bits per heavy atom. The molecule has 0 spiro atoms. The predicted molar refractivity (Wildman–Crippen MR) is 120 cm³/mol. The number of aromatic carboxylic acids is 1. The molecular formula is C22H28F3NO5S2. The summed E-state index contributed by atoms with van der Waals surface area (Å²) in [6, 6.07) is 0. The quantitative estimate of drug-likeness (QED) is 0.209. The summed E-state index contributed by atoms with van der Waals surface area (Å²) in [5.74, 6) is -2.13. The number of carboxylic acid groups (broad SMARTS) is 1. The van der Waals surface area contributed by atoms with E-state index in [0.29, 0.717) is 22.9 Å². The van der Waals surface area contributed by atoms with Gasteiger partial charge in [0.2, 0.25) is 0 Å². The van der Waals surface area contributed by atoms with Crippen molar-refractivity contribution in [2.45, 2.75) is 68.4 Å². The van der Waals surface area contributed by atoms with Crippen molar-refractivity contribution >= 4 is 35.0 Å². The maximum Gasteiger partial charge on any atom is 0.355 e. The summed E-state index contributed by atoms with van der Waals surface area (Å²) in [5.41, 5.74) is -1.31. The zero-order valence-electron chi connectivity index (χ0n) is 18.4. The van der Waals surface area contributed by atoms with Crippen LogP contribution in [0.1, 0.15) is 62.9 Å². The van der Waals surface area contributed by atoms with Crippen LogP contribution in [-0.4, -0.2) is 44.6 Å². The Bertz CT molecular complexity index is 883. The lowest BCUT2D eigenvalue weighted by molar-refractivity contribution is -0.148. The molecule has 0 bridgehead atoms. The van der Waals surface area contributed by atoms with E-state index in [0.717, 1.165) is 6.42 Å². The molecule has 11 heteroatoms. The largest absolute Gasteiger partial charge is 0.476 e. The number of hydrogen-bond donors (Lipinski definition) is 2. The Morgan fingerprint density at radius 2 is 2.09 bits per heavy atom. The highest BCUT2D eigenvalue weighted by molar-refractivity contribution is 8.01. The van der Waals surface area contributed by atoms with Gasteiger partial charge in [0.05, 0.1) is 5.60 Å². The zero-order chi connectivity index (χ0) is 24.6. The molecule has 2 rings (SSSR count). The molecule has 2 N–H and O–H groups in total. The van der Waals surface area contributed by atoms with Crippen molar-refractivity contribution in [2.24, 2.45) is 11.8 Å². The Kier molecular flexibility index (Phi) is 10.4. The molecule has 0 saturated heterocycles. The number of hydrogen-bond acceptors (Lipinski definition) is 7. The van der Waals surface area contributed by atoms with Crippen molar-refractivity contribution in [1.29, 1.82) is 0 Å². The second kappa shape index (κ2) is 12.6. The number of carbonyl (C=O) groups is 2. The molecule has 6 nitrogen and oxygen atoms in total. The number of rotatable bonds is 12. The SMILES string of the molecule is CC(=O)O[C@H]1CC[C@@H](/C=C/CC(C)(O)CCC(F)=C(F)F)[C@H]1CCSc1nc(C(=O)O)cs1. The third-order valence-electron chi connectivity index (χ3n) is 5.54. The van der Waals surface area contributed by atoms with E-state index in [1.54, 1.807) is 6.08 Å². The van der Waals surface area contributed by atoms with Gasteiger partial charge in [-0.05, 0) is 44.9 Å². The van der Waals surface area contributed by atoms with Gasteiger partial charge in [0, 0.05) is 30.4 Å². The van der Waals surface area contributed by atoms with E-state index >= 15 is 0 Å². The summed E-state index contributed by atoms with van der Waals surface area (Å²) in [6.45, 7) is 2.84. The first kappa shape index (κ1) is 27.4. The van der Waals surface area contributed by atoms with Crippen LogP contribution in [0.4, 0.5) is 13.2 Å². The number of thioether (sulfide) groups is 1. The lowest BCUT2D eigenvalue weighted by atomic mass is 9.90. The molecule has 33 heavy (non-hydrogen) atoms. The molecule has 1 fully saturated rings. The smallest absolute Gasteiger partial charge is 0.355 e. The molecule has 1 aromatic rings. The Labute approximate surface area is 198 Å². The summed E-state index contributed by atoms with van der Waals surface area (Å²) in [5, 5.41) is 20.8. The van der Waals surface area contributed by atoms with E-state index in [4.69, 9.17) is 9.84 Å². The van der Waals surface area contributed by atoms with Gasteiger partial charge < -0.3 is 14.9 Å². The fraction of sp³-hybridized carbons (Fsp3) is 0.591. The first-order valence-electron chi connectivity index (χ1n) is 10.6. The minimum absolute atomic E-state index is 0.0126. The van der Waals surface area contributed by atoms with Crippen molar-refractivity contribution in [2.75, 3.05) is 5.75 Å². The molecule has 1 aliphatic carbocycles. The third-order valence-corrected chi connectivity index (χ3v) is 7.59. The van der Waals surface area contributed by atoms with Crippen molar-refractivity contribution in [3.05, 3.63) is 35.1 Å². The average Bonchev–Trinajstić information content (AvgIpc) is 3.34. The van der Waals surface area contributed by atoms with Gasteiger partial charge in [-0.1, -0.05) is 23.9 Å². The van der Waals surface area contributed by atoms with Crippen LogP contribution in [0.5, 0.6) is 0 Å². The lowest BCUT2D eigenvalue weighted by Crippen LogP contribution is -2.25. The minimum atomic E-state index is -2.36. The maximum atomic E-state index is 13.0. The molecule has 0 aromatic carbocycles. The number of aromatic nitrogens is 1. The van der Waals surface area contributed by atoms with Crippen LogP contribution in [0.15, 0.2) is 33.8 Å². The maximum absolute atomic E-state index is 13.0. The average molecular weight is 508 g/mol. The molecule has 1 aliphatic rings. The summed E-state index contributed by atoms with van der Waals surface area (Å²) >= 11 is 2.71. The fourth-order valence-electron chi connectivity index (χ4n) is 3.84. The van der Waals surface area contributed by atoms with Gasteiger partial charge in [-0.25, -0.2) is 14.2 Å². The number of ether oxygens (including phenoxy) is 1. The van der Waals surface area contributed by atoms with Gasteiger partial charge in [-0.3, -0.25) is 4.79 Å². The van der Waals surface area contributed by atoms with E-state index in [1.807, 2.05) is 6.08 Å². The van der Waals surface area contributed by atoms with Gasteiger partial charge in [0.25, 0.3) is 0 Å². The molecule has 1 unspecified atom stereocenters. The van der Waals surface area contributed by atoms with Crippen molar-refractivity contribution in [3.63, 3.8) is 0 Å². The highest BCUT2D eigenvalue weighted by Crippen LogP contribution is 2.39. The summed E-state index contributed by atoms with van der Waals surface area (Å²) < 4.78 is 43.6. The second-order valence-electron chi connectivity index (χ2n) is 8.29. The minimum Gasteiger partial charge on any atom is -0.476 e. The number of carboxylic acids is 1. The lowest BCUT2D eigenvalue weighted by Gasteiger charge is -2.24. The monoisotopic (exact) mass is 507 g/mol. The van der Waals surface area contributed by atoms with Gasteiger partial charge in [0.1, 0.15) is 6.10 Å². The highest BCUT2D eigenvalue weighted by Gasteiger charge is 2.36. The number of allylic oxidation sites excluding steroid dienone is 2. The van der Waals surface area contributed by atoms with Gasteiger partial charge in [-0.2, -0.15) is 8.78 Å². The van der Waals surface area contributed by atoms with Crippen LogP contribution in [0.2, 0.25) is 0 Å². The molecule has 0 amide bonds. The zero-order valence-corrected chi connectivity index (χ0v) is 20.1. The van der Waals surface area contributed by atoms with Crippen LogP contribution in [0.3, 0.4) is 0 Å². The molecule has 4 atom stereocenters. The van der Waals surface area contributed by atoms with E-state index in [9.17, 15) is 27.9 Å². The number of nitrogens with zero attached hydrogens (tertiary/aromatic N) is 1. The standard InChI is InChI=1S/C22H28F3NO5S2/c1-13(27)31-18-6-5-14(4-3-9-22(2,30)10-7-16(23)19(24)25)15(18)8-11-32-21-26-17(12-33-21)20(28)29/h3-4,12,14-15,18,30H,5-11H2,1-2H3,(H,28,29)/b4-3+/t14-,15-,18+,22?/m1/s1. The number of esters is 1. The summed E-state index contributed by atoms with van der Waals surface area (Å²) in [4.78, 5) is 26.5. The van der Waals surface area contributed by atoms with Gasteiger partial charge >= 0.3 is 18.0 Å². The van der Waals surface area contributed by atoms with Crippen molar-refractivity contribution < 1.29 is 37.7 Å². The van der Waals surface area contributed by atoms with Gasteiger partial charge in [0.15, 0.2) is 15.9 Å². The first-order chi connectivity index (χ1) is 15.5. The highest BCUT2D eigenvalue weighted by atomic mass is 32.2. The van der Waals surface area contributed by atoms with Crippen molar-refractivity contribution in [1.82, 2.24) is 4.98 Å². The number of aliphatic hydroxyl groups is 1. The topological polar surface area (TPSA) is 96.7 Å². The molecule has 0 aliphatic heterocycles. The van der Waals surface area contributed by atoms with E-state index in [1.165, 1.54) is 42.3 Å². The predicted octanol–water partition coefficient (Wildman–Crippen LogP) is 5.84. The number of thiazole rings is 1. The molecule has 1 aromatic heterocycles. The van der Waals surface area contributed by atoms with Crippen molar-refractivity contribution in [3.8, 4) is 0 Å². The Balaban J connectivity index is 1.94. The first-order valence-corrected chi connectivity index (χ1v) is 12.4. The number of carbonyl (C=O) groups excluding carboxylic acids is 1. The van der Waals surface area contributed by atoms with E-state index < -0.39 is 29.9 Å². The van der Waals surface area contributed by atoms with Crippen LogP contribution < -0.4 is 0 Å². The summed E-state index contributed by atoms with van der Waals surface area (Å²) in [6.07, 6.45) is 2.84. The Hall–Kier alpha value is -1.85. The van der Waals surface area contributed by atoms with E-state index in [-0.39, 0.29) is 42.4 Å². The van der Waals surface area contributed by atoms with Gasteiger partial charge in [-0.15, -0.1) is 11.3 Å². The second-order valence-corrected chi connectivity index (χ2v) is 10.5. The Morgan fingerprint density at radius 1 is 1.36 bits per heavy atom.